The molecule has 0 heterocycles. The first-order chi connectivity index (χ1) is 9.39. The van der Waals surface area contributed by atoms with Gasteiger partial charge in [-0.15, -0.1) is 6.58 Å². The first-order valence-corrected chi connectivity index (χ1v) is 5.59. The molecule has 0 aliphatic rings. The van der Waals surface area contributed by atoms with Crippen molar-refractivity contribution < 1.29 is 48.3 Å². The van der Waals surface area contributed by atoms with Gasteiger partial charge in [-0.1, -0.05) is 6.08 Å². The molecule has 2 atom stereocenters. The van der Waals surface area contributed by atoms with Crippen molar-refractivity contribution in [2.75, 3.05) is 0 Å². The third-order valence-corrected chi connectivity index (χ3v) is 3.01. The monoisotopic (exact) mass is 352 g/mol. The minimum Gasteiger partial charge on any atom is -0.234 e. The van der Waals surface area contributed by atoms with E-state index in [0.29, 0.717) is 0 Å². The van der Waals surface area contributed by atoms with Gasteiger partial charge in [0, 0.05) is 6.42 Å². The van der Waals surface area contributed by atoms with Gasteiger partial charge < -0.3 is 0 Å². The fourth-order valence-corrected chi connectivity index (χ4v) is 1.60. The van der Waals surface area contributed by atoms with Crippen molar-refractivity contribution in [2.45, 2.75) is 49.6 Å². The Kier molecular flexibility index (Phi) is 5.60. The molecular weight excluding hydrogens is 341 g/mol. The second-order valence-electron chi connectivity index (χ2n) is 4.90. The molecule has 0 amide bonds. The molecule has 0 saturated carbocycles. The van der Waals surface area contributed by atoms with Gasteiger partial charge >= 0.3 is 18.5 Å². The number of halogens is 11. The minimum atomic E-state index is -6.42. The lowest BCUT2D eigenvalue weighted by Gasteiger charge is -2.34. The van der Waals surface area contributed by atoms with Crippen LogP contribution in [0, 0.1) is 5.92 Å². The summed E-state index contributed by atoms with van der Waals surface area (Å²) in [6.07, 6.45) is -22.4. The SMILES string of the molecule is C=CC(CC(C)(F)C(F)(F)F)CC(F)(C(F)(F)F)C(F)(F)F. The molecule has 0 rings (SSSR count). The molecule has 0 spiro atoms. The van der Waals surface area contributed by atoms with Crippen LogP contribution in [0.15, 0.2) is 12.7 Å². The predicted molar refractivity (Wildman–Crippen MR) is 54.4 cm³/mol. The Bertz CT molecular complexity index is 370. The van der Waals surface area contributed by atoms with Crippen LogP contribution in [0.2, 0.25) is 0 Å². The van der Waals surface area contributed by atoms with E-state index in [4.69, 9.17) is 0 Å². The quantitative estimate of drug-likeness (QED) is 0.440. The zero-order chi connectivity index (χ0) is 18.2. The Morgan fingerprint density at radius 3 is 1.32 bits per heavy atom. The lowest BCUT2D eigenvalue weighted by molar-refractivity contribution is -0.346. The summed E-state index contributed by atoms with van der Waals surface area (Å²) in [5.41, 5.74) is -9.86. The van der Waals surface area contributed by atoms with Crippen LogP contribution >= 0.6 is 0 Å². The fourth-order valence-electron chi connectivity index (χ4n) is 1.60. The first-order valence-electron chi connectivity index (χ1n) is 5.59. The number of hydrogen-bond acceptors (Lipinski definition) is 0. The molecule has 2 unspecified atom stereocenters. The fraction of sp³-hybridized carbons (Fsp3) is 0.818. The molecule has 22 heavy (non-hydrogen) atoms. The van der Waals surface area contributed by atoms with Gasteiger partial charge in [-0.2, -0.15) is 39.5 Å². The van der Waals surface area contributed by atoms with Gasteiger partial charge in [0.15, 0.2) is 0 Å². The second kappa shape index (κ2) is 5.88. The Morgan fingerprint density at radius 1 is 0.727 bits per heavy atom. The van der Waals surface area contributed by atoms with Gasteiger partial charge in [0.05, 0.1) is 0 Å². The predicted octanol–water partition coefficient (Wildman–Crippen LogP) is 5.69. The van der Waals surface area contributed by atoms with Crippen molar-refractivity contribution in [1.29, 1.82) is 0 Å². The molecule has 11 heteroatoms. The second-order valence-corrected chi connectivity index (χ2v) is 4.90. The molecule has 0 saturated heterocycles. The van der Waals surface area contributed by atoms with Gasteiger partial charge in [0.25, 0.3) is 5.67 Å². The summed E-state index contributed by atoms with van der Waals surface area (Å²) in [5.74, 6) is -2.34. The molecule has 0 aromatic carbocycles. The van der Waals surface area contributed by atoms with E-state index in [1.165, 1.54) is 0 Å². The van der Waals surface area contributed by atoms with Crippen LogP contribution in [0.25, 0.3) is 0 Å². The average Bonchev–Trinajstić information content (AvgIpc) is 2.22. The maximum atomic E-state index is 13.4. The van der Waals surface area contributed by atoms with Gasteiger partial charge in [0.1, 0.15) is 0 Å². The molecule has 0 aromatic rings. The van der Waals surface area contributed by atoms with Crippen LogP contribution in [-0.4, -0.2) is 29.9 Å². The largest absolute Gasteiger partial charge is 0.431 e. The van der Waals surface area contributed by atoms with Gasteiger partial charge in [-0.05, 0) is 19.3 Å². The van der Waals surface area contributed by atoms with Crippen molar-refractivity contribution >= 4 is 0 Å². The zero-order valence-electron chi connectivity index (χ0n) is 10.9. The lowest BCUT2D eigenvalue weighted by Crippen LogP contribution is -2.54. The van der Waals surface area contributed by atoms with Crippen LogP contribution in [0.1, 0.15) is 19.8 Å². The van der Waals surface area contributed by atoms with Crippen LogP contribution in [0.4, 0.5) is 48.3 Å². The van der Waals surface area contributed by atoms with E-state index < -0.39 is 48.6 Å². The maximum Gasteiger partial charge on any atom is 0.431 e. The molecule has 0 fully saturated rings. The normalized spacial score (nSPS) is 18.7. The topological polar surface area (TPSA) is 0 Å². The van der Waals surface area contributed by atoms with Gasteiger partial charge in [-0.3, -0.25) is 0 Å². The molecule has 0 aliphatic heterocycles. The number of rotatable bonds is 5. The summed E-state index contributed by atoms with van der Waals surface area (Å²) in [6, 6.07) is 0. The highest BCUT2D eigenvalue weighted by Gasteiger charge is 2.72. The van der Waals surface area contributed by atoms with Gasteiger partial charge in [-0.25, -0.2) is 8.78 Å². The molecule has 132 valence electrons. The van der Waals surface area contributed by atoms with Crippen LogP contribution in [0.5, 0.6) is 0 Å². The summed E-state index contributed by atoms with van der Waals surface area (Å²) in [5, 5.41) is 0. The highest BCUT2D eigenvalue weighted by Crippen LogP contribution is 2.51. The summed E-state index contributed by atoms with van der Waals surface area (Å²) >= 11 is 0. The van der Waals surface area contributed by atoms with Crippen molar-refractivity contribution in [3.8, 4) is 0 Å². The minimum absolute atomic E-state index is 0.0649. The first kappa shape index (κ1) is 21.0. The molecule has 0 aromatic heterocycles. The number of hydrogen-bond donors (Lipinski definition) is 0. The van der Waals surface area contributed by atoms with Gasteiger partial charge in [0.2, 0.25) is 5.67 Å². The third-order valence-electron chi connectivity index (χ3n) is 3.01. The Labute approximate surface area is 118 Å². The lowest BCUT2D eigenvalue weighted by atomic mass is 9.83. The van der Waals surface area contributed by atoms with Crippen LogP contribution in [-0.2, 0) is 0 Å². The van der Waals surface area contributed by atoms with Crippen molar-refractivity contribution in [1.82, 2.24) is 0 Å². The average molecular weight is 352 g/mol. The third kappa shape index (κ3) is 4.25. The molecule has 0 aliphatic carbocycles. The van der Waals surface area contributed by atoms with Crippen LogP contribution in [0.3, 0.4) is 0 Å². The van der Waals surface area contributed by atoms with E-state index in [1.54, 1.807) is 0 Å². The van der Waals surface area contributed by atoms with Crippen molar-refractivity contribution in [3.05, 3.63) is 12.7 Å². The molecule has 0 N–H and O–H groups in total. The van der Waals surface area contributed by atoms with E-state index in [0.717, 1.165) is 0 Å². The smallest absolute Gasteiger partial charge is 0.234 e. The van der Waals surface area contributed by atoms with Crippen molar-refractivity contribution in [3.63, 3.8) is 0 Å². The Balaban J connectivity index is 5.50. The van der Waals surface area contributed by atoms with E-state index in [9.17, 15) is 48.3 Å². The Hall–Kier alpha value is -1.03. The highest BCUT2D eigenvalue weighted by atomic mass is 19.4. The molecule has 0 radical (unpaired) electrons. The summed E-state index contributed by atoms with van der Waals surface area (Å²) < 4.78 is 138. The molecule has 0 bridgehead atoms. The molecule has 0 nitrogen and oxygen atoms in total. The summed E-state index contributed by atoms with van der Waals surface area (Å²) in [4.78, 5) is 0. The number of alkyl halides is 11. The van der Waals surface area contributed by atoms with E-state index >= 15 is 0 Å². The summed E-state index contributed by atoms with van der Waals surface area (Å²) in [6.45, 7) is 2.68. The number of allylic oxidation sites excluding steroid dienone is 1. The van der Waals surface area contributed by atoms with E-state index in [-0.39, 0.29) is 13.0 Å². The molecular formula is C11H11F11. The van der Waals surface area contributed by atoms with Crippen LogP contribution < -0.4 is 0 Å². The zero-order valence-corrected chi connectivity index (χ0v) is 10.9. The summed E-state index contributed by atoms with van der Waals surface area (Å²) in [7, 11) is 0. The standard InChI is InChI=1S/C11H11F11/c1-3-6(4-7(2,12)9(14,15)16)5-8(13,10(17,18)19)11(20,21)22/h3,6H,1,4-5H2,2H3. The van der Waals surface area contributed by atoms with E-state index in [1.807, 2.05) is 0 Å². The highest BCUT2D eigenvalue weighted by molar-refractivity contribution is 5.01. The Morgan fingerprint density at radius 2 is 1.09 bits per heavy atom. The van der Waals surface area contributed by atoms with Crippen molar-refractivity contribution in [2.24, 2.45) is 5.92 Å². The van der Waals surface area contributed by atoms with E-state index in [2.05, 4.69) is 6.58 Å². The maximum absolute atomic E-state index is 13.4.